The zero-order valence-electron chi connectivity index (χ0n) is 11.5. The van der Waals surface area contributed by atoms with Gasteiger partial charge in [-0.3, -0.25) is 9.69 Å². The smallest absolute Gasteiger partial charge is 0.309 e. The highest BCUT2D eigenvalue weighted by molar-refractivity contribution is 5.72. The van der Waals surface area contributed by atoms with Crippen molar-refractivity contribution in [2.24, 2.45) is 5.92 Å². The Morgan fingerprint density at radius 3 is 2.82 bits per heavy atom. The Morgan fingerprint density at radius 2 is 2.24 bits per heavy atom. The van der Waals surface area contributed by atoms with Gasteiger partial charge in [0.1, 0.15) is 0 Å². The molecule has 1 fully saturated rings. The molecule has 0 aromatic heterocycles. The summed E-state index contributed by atoms with van der Waals surface area (Å²) in [5.41, 5.74) is 0. The molecular weight excluding hydrogens is 216 g/mol. The van der Waals surface area contributed by atoms with E-state index in [1.54, 1.807) is 0 Å². The van der Waals surface area contributed by atoms with Gasteiger partial charge in [0.2, 0.25) is 0 Å². The van der Waals surface area contributed by atoms with Gasteiger partial charge in [-0.05, 0) is 32.9 Å². The number of ether oxygens (including phenoxy) is 1. The molecule has 0 aliphatic carbocycles. The lowest BCUT2D eigenvalue weighted by Gasteiger charge is -2.26. The predicted octanol–water partition coefficient (Wildman–Crippen LogP) is 1.26. The van der Waals surface area contributed by atoms with Crippen molar-refractivity contribution in [1.82, 2.24) is 10.2 Å². The number of hydrogen-bond donors (Lipinski definition) is 1. The van der Waals surface area contributed by atoms with Crippen LogP contribution in [0.2, 0.25) is 0 Å². The van der Waals surface area contributed by atoms with Crippen LogP contribution in [0.25, 0.3) is 0 Å². The van der Waals surface area contributed by atoms with Crippen molar-refractivity contribution in [2.75, 3.05) is 26.7 Å². The molecule has 3 atom stereocenters. The van der Waals surface area contributed by atoms with Gasteiger partial charge in [0.25, 0.3) is 0 Å². The number of likely N-dealkylation sites (tertiary alicyclic amines) is 1. The number of carbonyl (C=O) groups is 1. The van der Waals surface area contributed by atoms with E-state index in [2.05, 4.69) is 17.1 Å². The van der Waals surface area contributed by atoms with Gasteiger partial charge in [-0.15, -0.1) is 0 Å². The second kappa shape index (κ2) is 6.97. The van der Waals surface area contributed by atoms with Crippen molar-refractivity contribution < 1.29 is 9.53 Å². The van der Waals surface area contributed by atoms with E-state index in [4.69, 9.17) is 4.74 Å². The van der Waals surface area contributed by atoms with Crippen LogP contribution in [-0.4, -0.2) is 49.7 Å². The SMILES string of the molecule is CCN1CCCC1CNC(C)C(C)C(=O)OC. The van der Waals surface area contributed by atoms with Gasteiger partial charge >= 0.3 is 5.97 Å². The molecule has 1 aliphatic rings. The number of rotatable bonds is 6. The molecule has 0 saturated carbocycles. The fourth-order valence-electron chi connectivity index (χ4n) is 2.43. The Labute approximate surface area is 105 Å². The summed E-state index contributed by atoms with van der Waals surface area (Å²) >= 11 is 0. The Balaban J connectivity index is 2.32. The standard InChI is InChI=1S/C13H26N2O2/c1-5-15-8-6-7-12(15)9-14-11(3)10(2)13(16)17-4/h10-12,14H,5-9H2,1-4H3. The third kappa shape index (κ3) is 3.96. The van der Waals surface area contributed by atoms with Crippen LogP contribution in [0.1, 0.15) is 33.6 Å². The van der Waals surface area contributed by atoms with Crippen LogP contribution in [-0.2, 0) is 9.53 Å². The molecule has 0 aromatic carbocycles. The molecule has 1 aliphatic heterocycles. The lowest BCUT2D eigenvalue weighted by atomic mass is 10.0. The summed E-state index contributed by atoms with van der Waals surface area (Å²) in [6.07, 6.45) is 2.56. The van der Waals surface area contributed by atoms with Gasteiger partial charge in [-0.25, -0.2) is 0 Å². The van der Waals surface area contributed by atoms with Gasteiger partial charge in [0, 0.05) is 18.6 Å². The molecule has 17 heavy (non-hydrogen) atoms. The number of methoxy groups -OCH3 is 1. The van der Waals surface area contributed by atoms with E-state index in [1.807, 2.05) is 13.8 Å². The third-order valence-corrected chi connectivity index (χ3v) is 3.90. The average Bonchev–Trinajstić information content (AvgIpc) is 2.81. The maximum Gasteiger partial charge on any atom is 0.309 e. The number of esters is 1. The summed E-state index contributed by atoms with van der Waals surface area (Å²) < 4.78 is 4.76. The molecule has 1 saturated heterocycles. The number of carbonyl (C=O) groups excluding carboxylic acids is 1. The van der Waals surface area contributed by atoms with Gasteiger partial charge in [-0.1, -0.05) is 13.8 Å². The second-order valence-electron chi connectivity index (χ2n) is 4.93. The van der Waals surface area contributed by atoms with E-state index in [-0.39, 0.29) is 17.9 Å². The first-order chi connectivity index (χ1) is 8.10. The van der Waals surface area contributed by atoms with Crippen molar-refractivity contribution >= 4 is 5.97 Å². The van der Waals surface area contributed by atoms with Gasteiger partial charge < -0.3 is 10.1 Å². The Hall–Kier alpha value is -0.610. The van der Waals surface area contributed by atoms with Crippen molar-refractivity contribution in [3.05, 3.63) is 0 Å². The molecule has 100 valence electrons. The van der Waals surface area contributed by atoms with Crippen molar-refractivity contribution in [3.8, 4) is 0 Å². The largest absolute Gasteiger partial charge is 0.469 e. The molecule has 4 heteroatoms. The topological polar surface area (TPSA) is 41.6 Å². The van der Waals surface area contributed by atoms with Gasteiger partial charge in [0.15, 0.2) is 0 Å². The van der Waals surface area contributed by atoms with Crippen LogP contribution in [0.15, 0.2) is 0 Å². The van der Waals surface area contributed by atoms with E-state index in [0.717, 1.165) is 13.1 Å². The van der Waals surface area contributed by atoms with Crippen molar-refractivity contribution in [3.63, 3.8) is 0 Å². The molecule has 3 unspecified atom stereocenters. The minimum atomic E-state index is -0.135. The van der Waals surface area contributed by atoms with Gasteiger partial charge in [0.05, 0.1) is 13.0 Å². The normalized spacial score (nSPS) is 24.6. The van der Waals surface area contributed by atoms with E-state index in [1.165, 1.54) is 26.5 Å². The molecule has 0 amide bonds. The molecule has 1 N–H and O–H groups in total. The number of likely N-dealkylation sites (N-methyl/N-ethyl adjacent to an activating group) is 1. The lowest BCUT2D eigenvalue weighted by molar-refractivity contribution is -0.145. The first-order valence-electron chi connectivity index (χ1n) is 6.65. The monoisotopic (exact) mass is 242 g/mol. The van der Waals surface area contributed by atoms with E-state index < -0.39 is 0 Å². The minimum absolute atomic E-state index is 0.0866. The summed E-state index contributed by atoms with van der Waals surface area (Å²) in [5, 5.41) is 3.46. The van der Waals surface area contributed by atoms with Crippen molar-refractivity contribution in [2.45, 2.75) is 45.7 Å². The first kappa shape index (κ1) is 14.5. The quantitative estimate of drug-likeness (QED) is 0.712. The molecule has 1 heterocycles. The van der Waals surface area contributed by atoms with Crippen LogP contribution in [0.3, 0.4) is 0 Å². The third-order valence-electron chi connectivity index (χ3n) is 3.90. The molecule has 0 radical (unpaired) electrons. The Morgan fingerprint density at radius 1 is 1.53 bits per heavy atom. The summed E-state index contributed by atoms with van der Waals surface area (Å²) in [7, 11) is 1.45. The molecule has 1 rings (SSSR count). The van der Waals surface area contributed by atoms with E-state index in [0.29, 0.717) is 6.04 Å². The second-order valence-corrected chi connectivity index (χ2v) is 4.93. The fourth-order valence-corrected chi connectivity index (χ4v) is 2.43. The number of hydrogen-bond acceptors (Lipinski definition) is 4. The maximum absolute atomic E-state index is 11.4. The fraction of sp³-hybridized carbons (Fsp3) is 0.923. The van der Waals surface area contributed by atoms with Crippen molar-refractivity contribution in [1.29, 1.82) is 0 Å². The van der Waals surface area contributed by atoms with Gasteiger partial charge in [-0.2, -0.15) is 0 Å². The molecule has 0 spiro atoms. The molecular formula is C13H26N2O2. The zero-order chi connectivity index (χ0) is 12.8. The summed E-state index contributed by atoms with van der Waals surface area (Å²) in [6, 6.07) is 0.800. The predicted molar refractivity (Wildman–Crippen MR) is 68.9 cm³/mol. The first-order valence-corrected chi connectivity index (χ1v) is 6.65. The van der Waals surface area contributed by atoms with Crippen LogP contribution >= 0.6 is 0 Å². The molecule has 0 bridgehead atoms. The molecule has 4 nitrogen and oxygen atoms in total. The Bertz CT molecular complexity index is 246. The molecule has 0 aromatic rings. The van der Waals surface area contributed by atoms with E-state index >= 15 is 0 Å². The highest BCUT2D eigenvalue weighted by Gasteiger charge is 2.25. The number of nitrogens with zero attached hydrogens (tertiary/aromatic N) is 1. The van der Waals surface area contributed by atoms with E-state index in [9.17, 15) is 4.79 Å². The summed E-state index contributed by atoms with van der Waals surface area (Å²) in [4.78, 5) is 13.9. The number of nitrogens with one attached hydrogen (secondary N) is 1. The lowest BCUT2D eigenvalue weighted by Crippen LogP contribution is -2.44. The average molecular weight is 242 g/mol. The van der Waals surface area contributed by atoms with Crippen LogP contribution in [0.5, 0.6) is 0 Å². The summed E-state index contributed by atoms with van der Waals surface area (Å²) in [5.74, 6) is -0.222. The highest BCUT2D eigenvalue weighted by Crippen LogP contribution is 2.16. The van der Waals surface area contributed by atoms with Crippen LogP contribution < -0.4 is 5.32 Å². The highest BCUT2D eigenvalue weighted by atomic mass is 16.5. The maximum atomic E-state index is 11.4. The minimum Gasteiger partial charge on any atom is -0.469 e. The Kier molecular flexibility index (Phi) is 5.92. The van der Waals surface area contributed by atoms with Crippen LogP contribution in [0.4, 0.5) is 0 Å². The zero-order valence-corrected chi connectivity index (χ0v) is 11.5. The van der Waals surface area contributed by atoms with Crippen LogP contribution in [0, 0.1) is 5.92 Å². The summed E-state index contributed by atoms with van der Waals surface area (Å²) in [6.45, 7) is 9.47.